The van der Waals surface area contributed by atoms with E-state index >= 15 is 0 Å². The van der Waals surface area contributed by atoms with Crippen LogP contribution >= 0.6 is 0 Å². The van der Waals surface area contributed by atoms with Crippen molar-refractivity contribution < 1.29 is 14.6 Å². The predicted molar refractivity (Wildman–Crippen MR) is 66.4 cm³/mol. The summed E-state index contributed by atoms with van der Waals surface area (Å²) in [7, 11) is 3.30. The number of aryl methyl sites for hydroxylation is 1. The number of carbonyl (C=O) groups is 1. The average Bonchev–Trinajstić information content (AvgIpc) is 2.74. The molecule has 0 bridgehead atoms. The maximum Gasteiger partial charge on any atom is 0.339 e. The molecule has 6 nitrogen and oxygen atoms in total. The molecule has 0 saturated heterocycles. The van der Waals surface area contributed by atoms with E-state index in [9.17, 15) is 4.79 Å². The van der Waals surface area contributed by atoms with Gasteiger partial charge >= 0.3 is 5.97 Å². The van der Waals surface area contributed by atoms with Gasteiger partial charge in [0, 0.05) is 31.2 Å². The monoisotopic (exact) mass is 247 g/mol. The first-order valence-electron chi connectivity index (χ1n) is 5.27. The summed E-state index contributed by atoms with van der Waals surface area (Å²) in [5.74, 6) is -0.0442. The van der Waals surface area contributed by atoms with Crippen LogP contribution in [0.1, 0.15) is 10.4 Å². The van der Waals surface area contributed by atoms with E-state index in [1.54, 1.807) is 18.3 Å². The molecule has 2 aromatic rings. The van der Waals surface area contributed by atoms with E-state index in [0.717, 1.165) is 0 Å². The van der Waals surface area contributed by atoms with Gasteiger partial charge in [0.1, 0.15) is 11.3 Å². The third-order valence-corrected chi connectivity index (χ3v) is 2.51. The number of benzene rings is 1. The highest BCUT2D eigenvalue weighted by Gasteiger charge is 2.11. The third kappa shape index (κ3) is 2.27. The number of rotatable bonds is 4. The molecule has 0 amide bonds. The summed E-state index contributed by atoms with van der Waals surface area (Å²) in [5, 5.41) is 12.0. The highest BCUT2D eigenvalue weighted by molar-refractivity contribution is 5.91. The molecule has 0 saturated carbocycles. The number of carboxylic acid groups (broad SMARTS) is 1. The van der Waals surface area contributed by atoms with Gasteiger partial charge in [0.25, 0.3) is 0 Å². The number of hydrogen-bond acceptors (Lipinski definition) is 4. The van der Waals surface area contributed by atoms with Crippen LogP contribution in [0.15, 0.2) is 30.6 Å². The molecule has 1 aromatic carbocycles. The molecule has 2 rings (SSSR count). The lowest BCUT2D eigenvalue weighted by Crippen LogP contribution is -2.03. The summed E-state index contributed by atoms with van der Waals surface area (Å²) >= 11 is 0. The van der Waals surface area contributed by atoms with E-state index < -0.39 is 5.97 Å². The second-order valence-electron chi connectivity index (χ2n) is 3.71. The molecule has 0 radical (unpaired) electrons. The number of imidazole rings is 1. The van der Waals surface area contributed by atoms with E-state index in [0.29, 0.717) is 17.4 Å². The molecule has 0 atom stereocenters. The molecule has 18 heavy (non-hydrogen) atoms. The standard InChI is InChI=1S/C12H13N3O3/c1-15-6-5-13-12(15)14-8-3-4-9(11(16)17)10(7-8)18-2/h3-7H,1-2H3,(H,13,14)(H,16,17). The van der Waals surface area contributed by atoms with E-state index in [1.165, 1.54) is 13.2 Å². The Balaban J connectivity index is 2.30. The van der Waals surface area contributed by atoms with Crippen LogP contribution in [0.4, 0.5) is 11.6 Å². The number of anilines is 2. The zero-order valence-electron chi connectivity index (χ0n) is 10.0. The van der Waals surface area contributed by atoms with Crippen molar-refractivity contribution in [2.75, 3.05) is 12.4 Å². The fourth-order valence-electron chi connectivity index (χ4n) is 1.56. The molecular formula is C12H13N3O3. The first-order valence-corrected chi connectivity index (χ1v) is 5.27. The molecule has 0 fully saturated rings. The Morgan fingerprint density at radius 2 is 2.28 bits per heavy atom. The molecule has 1 heterocycles. The Kier molecular flexibility index (Phi) is 3.18. The number of hydrogen-bond donors (Lipinski definition) is 2. The number of aromatic nitrogens is 2. The van der Waals surface area contributed by atoms with E-state index in [1.807, 2.05) is 17.8 Å². The quantitative estimate of drug-likeness (QED) is 0.862. The predicted octanol–water partition coefficient (Wildman–Crippen LogP) is 1.87. The molecule has 1 aromatic heterocycles. The Labute approximate surface area is 104 Å². The van der Waals surface area contributed by atoms with Crippen molar-refractivity contribution >= 4 is 17.6 Å². The van der Waals surface area contributed by atoms with E-state index in [-0.39, 0.29) is 5.56 Å². The fraction of sp³-hybridized carbons (Fsp3) is 0.167. The molecular weight excluding hydrogens is 234 g/mol. The number of nitrogens with one attached hydrogen (secondary N) is 1. The number of aromatic carboxylic acids is 1. The molecule has 94 valence electrons. The van der Waals surface area contributed by atoms with Gasteiger partial charge in [-0.3, -0.25) is 0 Å². The van der Waals surface area contributed by atoms with Crippen LogP contribution in [0.2, 0.25) is 0 Å². The fourth-order valence-corrected chi connectivity index (χ4v) is 1.56. The van der Waals surface area contributed by atoms with Crippen LogP contribution in [-0.4, -0.2) is 27.7 Å². The molecule has 0 spiro atoms. The molecule has 0 aliphatic carbocycles. The van der Waals surface area contributed by atoms with Crippen LogP contribution in [0, 0.1) is 0 Å². The molecule has 2 N–H and O–H groups in total. The maximum absolute atomic E-state index is 10.9. The minimum absolute atomic E-state index is 0.128. The number of methoxy groups -OCH3 is 1. The largest absolute Gasteiger partial charge is 0.496 e. The van der Waals surface area contributed by atoms with Crippen molar-refractivity contribution in [1.82, 2.24) is 9.55 Å². The second-order valence-corrected chi connectivity index (χ2v) is 3.71. The Bertz CT molecular complexity index is 578. The highest BCUT2D eigenvalue weighted by atomic mass is 16.5. The summed E-state index contributed by atoms with van der Waals surface area (Å²) in [6.07, 6.45) is 3.48. The summed E-state index contributed by atoms with van der Waals surface area (Å²) in [6.45, 7) is 0. The van der Waals surface area contributed by atoms with Crippen LogP contribution in [0.5, 0.6) is 5.75 Å². The molecule has 6 heteroatoms. The van der Waals surface area contributed by atoms with Crippen molar-refractivity contribution in [3.63, 3.8) is 0 Å². The van der Waals surface area contributed by atoms with Crippen molar-refractivity contribution in [2.45, 2.75) is 0 Å². The summed E-state index contributed by atoms with van der Waals surface area (Å²) in [4.78, 5) is 15.1. The zero-order valence-corrected chi connectivity index (χ0v) is 10.0. The van der Waals surface area contributed by atoms with Gasteiger partial charge in [0.05, 0.1) is 7.11 Å². The van der Waals surface area contributed by atoms with Crippen LogP contribution in [0.3, 0.4) is 0 Å². The molecule has 0 unspecified atom stereocenters. The lowest BCUT2D eigenvalue weighted by molar-refractivity contribution is 0.0693. The number of ether oxygens (including phenoxy) is 1. The SMILES string of the molecule is COc1cc(Nc2nccn2C)ccc1C(=O)O. The Hall–Kier alpha value is -2.50. The lowest BCUT2D eigenvalue weighted by Gasteiger charge is -2.09. The number of nitrogens with zero attached hydrogens (tertiary/aromatic N) is 2. The summed E-state index contributed by atoms with van der Waals surface area (Å²) < 4.78 is 6.87. The molecule has 0 aliphatic heterocycles. The van der Waals surface area contributed by atoms with Crippen molar-refractivity contribution in [3.05, 3.63) is 36.2 Å². The van der Waals surface area contributed by atoms with Gasteiger partial charge in [-0.05, 0) is 12.1 Å². The smallest absolute Gasteiger partial charge is 0.339 e. The van der Waals surface area contributed by atoms with Crippen molar-refractivity contribution in [1.29, 1.82) is 0 Å². The van der Waals surface area contributed by atoms with Gasteiger partial charge in [-0.25, -0.2) is 9.78 Å². The van der Waals surface area contributed by atoms with Gasteiger partial charge in [0.15, 0.2) is 0 Å². The second kappa shape index (κ2) is 4.79. The summed E-state index contributed by atoms with van der Waals surface area (Å²) in [6, 6.07) is 4.78. The zero-order chi connectivity index (χ0) is 13.1. The van der Waals surface area contributed by atoms with Crippen molar-refractivity contribution in [2.24, 2.45) is 7.05 Å². The molecule has 0 aliphatic rings. The normalized spacial score (nSPS) is 10.1. The van der Waals surface area contributed by atoms with Gasteiger partial charge in [-0.15, -0.1) is 0 Å². The van der Waals surface area contributed by atoms with E-state index in [2.05, 4.69) is 10.3 Å². The van der Waals surface area contributed by atoms with E-state index in [4.69, 9.17) is 9.84 Å². The highest BCUT2D eigenvalue weighted by Crippen LogP contribution is 2.24. The average molecular weight is 247 g/mol. The van der Waals surface area contributed by atoms with Crippen LogP contribution in [0.25, 0.3) is 0 Å². The van der Waals surface area contributed by atoms with Crippen molar-refractivity contribution in [3.8, 4) is 5.75 Å². The minimum atomic E-state index is -1.02. The third-order valence-electron chi connectivity index (χ3n) is 2.51. The van der Waals surface area contributed by atoms with Crippen LogP contribution < -0.4 is 10.1 Å². The minimum Gasteiger partial charge on any atom is -0.496 e. The van der Waals surface area contributed by atoms with Gasteiger partial charge in [0.2, 0.25) is 5.95 Å². The van der Waals surface area contributed by atoms with Gasteiger partial charge < -0.3 is 19.7 Å². The Morgan fingerprint density at radius 1 is 1.50 bits per heavy atom. The first kappa shape index (κ1) is 12.0. The van der Waals surface area contributed by atoms with Gasteiger partial charge in [-0.1, -0.05) is 0 Å². The topological polar surface area (TPSA) is 76.4 Å². The lowest BCUT2D eigenvalue weighted by atomic mass is 10.2. The summed E-state index contributed by atoms with van der Waals surface area (Å²) in [5.41, 5.74) is 0.842. The van der Waals surface area contributed by atoms with Crippen LogP contribution in [-0.2, 0) is 7.05 Å². The van der Waals surface area contributed by atoms with Gasteiger partial charge in [-0.2, -0.15) is 0 Å². The maximum atomic E-state index is 10.9. The first-order chi connectivity index (χ1) is 8.61. The Morgan fingerprint density at radius 3 is 2.83 bits per heavy atom. The number of carboxylic acids is 1.